The highest BCUT2D eigenvalue weighted by atomic mass is 16.4. The van der Waals surface area contributed by atoms with Crippen LogP contribution in [-0.4, -0.2) is 9.97 Å². The molecule has 4 rings (SSSR count). The fourth-order valence-electron chi connectivity index (χ4n) is 2.73. The first-order valence-electron chi connectivity index (χ1n) is 8.75. The molecule has 0 aliphatic heterocycles. The van der Waals surface area contributed by atoms with Crippen molar-refractivity contribution in [1.29, 1.82) is 0 Å². The Morgan fingerprint density at radius 3 is 2.63 bits per heavy atom. The van der Waals surface area contributed by atoms with Crippen LogP contribution in [0.3, 0.4) is 0 Å². The van der Waals surface area contributed by atoms with Crippen molar-refractivity contribution < 1.29 is 4.42 Å². The quantitative estimate of drug-likeness (QED) is 0.481. The number of hydrogen-bond donors (Lipinski definition) is 1. The van der Waals surface area contributed by atoms with E-state index in [0.29, 0.717) is 5.89 Å². The van der Waals surface area contributed by atoms with Gasteiger partial charge in [-0.3, -0.25) is 0 Å². The van der Waals surface area contributed by atoms with Crippen LogP contribution in [0.2, 0.25) is 0 Å². The van der Waals surface area contributed by atoms with Gasteiger partial charge in [0.15, 0.2) is 5.76 Å². The Balaban J connectivity index is 1.52. The zero-order chi connectivity index (χ0) is 18.5. The topological polar surface area (TPSA) is 51.0 Å². The van der Waals surface area contributed by atoms with Crippen LogP contribution in [-0.2, 0) is 0 Å². The second kappa shape index (κ2) is 7.70. The molecule has 1 N–H and O–H groups in total. The van der Waals surface area contributed by atoms with Crippen LogP contribution < -0.4 is 5.32 Å². The van der Waals surface area contributed by atoms with E-state index >= 15 is 0 Å². The molecule has 132 valence electrons. The molecular weight excluding hydrogens is 334 g/mol. The maximum Gasteiger partial charge on any atom is 0.219 e. The lowest BCUT2D eigenvalue weighted by Gasteiger charge is -2.07. The van der Waals surface area contributed by atoms with Gasteiger partial charge in [0.1, 0.15) is 5.82 Å². The molecule has 0 spiro atoms. The van der Waals surface area contributed by atoms with Gasteiger partial charge in [0, 0.05) is 23.5 Å². The molecule has 0 saturated carbocycles. The molecule has 0 aliphatic rings. The number of pyridine rings is 1. The first kappa shape index (κ1) is 16.8. The number of rotatable bonds is 5. The normalized spacial score (nSPS) is 11.0. The van der Waals surface area contributed by atoms with E-state index in [-0.39, 0.29) is 0 Å². The molecule has 0 unspecified atom stereocenters. The van der Waals surface area contributed by atoms with E-state index in [0.717, 1.165) is 34.0 Å². The number of oxazole rings is 1. The maximum atomic E-state index is 5.87. The minimum Gasteiger partial charge on any atom is -0.437 e. The number of nitrogens with one attached hydrogen (secondary N) is 1. The third-order valence-corrected chi connectivity index (χ3v) is 4.08. The van der Waals surface area contributed by atoms with Crippen LogP contribution in [0.1, 0.15) is 17.0 Å². The van der Waals surface area contributed by atoms with Gasteiger partial charge in [-0.2, -0.15) is 0 Å². The van der Waals surface area contributed by atoms with Gasteiger partial charge in [-0.25, -0.2) is 9.97 Å². The molecule has 4 nitrogen and oxygen atoms in total. The SMILES string of the molecule is Cc1ccnc(Nc2cccc(-c3cnc(/C=C/c4ccccc4)o3)c2)c1. The Morgan fingerprint density at radius 1 is 0.889 bits per heavy atom. The average molecular weight is 353 g/mol. The highest BCUT2D eigenvalue weighted by Gasteiger charge is 2.06. The number of hydrogen-bond acceptors (Lipinski definition) is 4. The maximum absolute atomic E-state index is 5.87. The summed E-state index contributed by atoms with van der Waals surface area (Å²) in [6, 6.07) is 22.1. The first-order valence-corrected chi connectivity index (χ1v) is 8.75. The summed E-state index contributed by atoms with van der Waals surface area (Å²) < 4.78 is 5.87. The monoisotopic (exact) mass is 353 g/mol. The lowest BCUT2D eigenvalue weighted by molar-refractivity contribution is 0.560. The van der Waals surface area contributed by atoms with E-state index in [1.54, 1.807) is 12.4 Å². The van der Waals surface area contributed by atoms with Crippen LogP contribution in [0.5, 0.6) is 0 Å². The van der Waals surface area contributed by atoms with E-state index < -0.39 is 0 Å². The minimum atomic E-state index is 0.576. The third-order valence-electron chi connectivity index (χ3n) is 4.08. The van der Waals surface area contributed by atoms with Gasteiger partial charge in [0.25, 0.3) is 0 Å². The van der Waals surface area contributed by atoms with Crippen molar-refractivity contribution in [1.82, 2.24) is 9.97 Å². The summed E-state index contributed by atoms with van der Waals surface area (Å²) in [4.78, 5) is 8.69. The molecule has 0 aliphatic carbocycles. The average Bonchev–Trinajstić information content (AvgIpc) is 3.17. The second-order valence-electron chi connectivity index (χ2n) is 6.23. The molecule has 4 heteroatoms. The van der Waals surface area contributed by atoms with Crippen molar-refractivity contribution in [3.8, 4) is 11.3 Å². The lowest BCUT2D eigenvalue weighted by Crippen LogP contribution is -1.93. The van der Waals surface area contributed by atoms with Crippen molar-refractivity contribution in [2.24, 2.45) is 0 Å². The van der Waals surface area contributed by atoms with Crippen molar-refractivity contribution in [3.05, 3.63) is 96.1 Å². The van der Waals surface area contributed by atoms with Crippen LogP contribution in [0.4, 0.5) is 11.5 Å². The van der Waals surface area contributed by atoms with E-state index in [2.05, 4.69) is 15.3 Å². The highest BCUT2D eigenvalue weighted by Crippen LogP contribution is 2.25. The van der Waals surface area contributed by atoms with Crippen molar-refractivity contribution in [2.75, 3.05) is 5.32 Å². The third kappa shape index (κ3) is 4.30. The predicted molar refractivity (Wildman–Crippen MR) is 110 cm³/mol. The summed E-state index contributed by atoms with van der Waals surface area (Å²) >= 11 is 0. The van der Waals surface area contributed by atoms with Crippen LogP contribution in [0.25, 0.3) is 23.5 Å². The van der Waals surface area contributed by atoms with Gasteiger partial charge < -0.3 is 9.73 Å². The van der Waals surface area contributed by atoms with Gasteiger partial charge in [-0.1, -0.05) is 42.5 Å². The largest absolute Gasteiger partial charge is 0.437 e. The Labute approximate surface area is 158 Å². The van der Waals surface area contributed by atoms with Gasteiger partial charge >= 0.3 is 0 Å². The Hall–Kier alpha value is -3.66. The number of aromatic nitrogens is 2. The molecule has 0 amide bonds. The molecule has 0 atom stereocenters. The first-order chi connectivity index (χ1) is 13.3. The molecule has 0 radical (unpaired) electrons. The van der Waals surface area contributed by atoms with Crippen LogP contribution in [0.15, 0.2) is 83.5 Å². The standard InChI is InChI=1S/C23H19N3O/c1-17-12-13-24-22(14-17)26-20-9-5-8-19(15-20)21-16-25-23(27-21)11-10-18-6-3-2-4-7-18/h2-16H,1H3,(H,24,26)/b11-10+. The number of nitrogens with zero attached hydrogens (tertiary/aromatic N) is 2. The number of aryl methyl sites for hydroxylation is 1. The molecule has 0 fully saturated rings. The molecule has 2 aromatic heterocycles. The Kier molecular flexibility index (Phi) is 4.79. The van der Waals surface area contributed by atoms with E-state index in [9.17, 15) is 0 Å². The van der Waals surface area contributed by atoms with Gasteiger partial charge in [0.2, 0.25) is 5.89 Å². The summed E-state index contributed by atoms with van der Waals surface area (Å²) in [5.74, 6) is 2.12. The second-order valence-corrected chi connectivity index (χ2v) is 6.23. The van der Waals surface area contributed by atoms with E-state index in [1.165, 1.54) is 0 Å². The molecule has 4 aromatic rings. The predicted octanol–water partition coefficient (Wildman–Crippen LogP) is 5.96. The van der Waals surface area contributed by atoms with Crippen molar-refractivity contribution in [3.63, 3.8) is 0 Å². The smallest absolute Gasteiger partial charge is 0.219 e. The lowest BCUT2D eigenvalue weighted by atomic mass is 10.1. The summed E-state index contributed by atoms with van der Waals surface area (Å²) in [7, 11) is 0. The van der Waals surface area contributed by atoms with E-state index in [1.807, 2.05) is 85.8 Å². The highest BCUT2D eigenvalue weighted by molar-refractivity contribution is 5.69. The van der Waals surface area contributed by atoms with Gasteiger partial charge in [-0.05, 0) is 48.4 Å². The molecule has 27 heavy (non-hydrogen) atoms. The van der Waals surface area contributed by atoms with Crippen LogP contribution in [0, 0.1) is 6.92 Å². The molecule has 2 heterocycles. The summed E-state index contributed by atoms with van der Waals surface area (Å²) in [5, 5.41) is 3.32. The molecular formula is C23H19N3O. The molecule has 0 bridgehead atoms. The van der Waals surface area contributed by atoms with Crippen molar-refractivity contribution >= 4 is 23.7 Å². The fourth-order valence-corrected chi connectivity index (χ4v) is 2.73. The Morgan fingerprint density at radius 2 is 1.78 bits per heavy atom. The van der Waals surface area contributed by atoms with Gasteiger partial charge in [0.05, 0.1) is 6.20 Å². The Bertz CT molecular complexity index is 1070. The summed E-state index contributed by atoms with van der Waals surface area (Å²) in [5.41, 5.74) is 4.17. The van der Waals surface area contributed by atoms with Crippen LogP contribution >= 0.6 is 0 Å². The van der Waals surface area contributed by atoms with E-state index in [4.69, 9.17) is 4.42 Å². The zero-order valence-corrected chi connectivity index (χ0v) is 15.0. The number of anilines is 2. The minimum absolute atomic E-state index is 0.576. The fraction of sp³-hybridized carbons (Fsp3) is 0.0435. The number of benzene rings is 2. The molecule has 0 saturated heterocycles. The van der Waals surface area contributed by atoms with Crippen molar-refractivity contribution in [2.45, 2.75) is 6.92 Å². The summed E-state index contributed by atoms with van der Waals surface area (Å²) in [6.07, 6.45) is 7.40. The summed E-state index contributed by atoms with van der Waals surface area (Å²) in [6.45, 7) is 2.04. The van der Waals surface area contributed by atoms with Gasteiger partial charge in [-0.15, -0.1) is 0 Å². The molecule has 2 aromatic carbocycles. The zero-order valence-electron chi connectivity index (χ0n) is 15.0.